The van der Waals surface area contributed by atoms with E-state index in [9.17, 15) is 0 Å². The fraction of sp³-hybridized carbons (Fsp3) is 1.00. The van der Waals surface area contributed by atoms with Gasteiger partial charge in [-0.05, 0) is 52.7 Å². The molecule has 1 heterocycles. The third-order valence-corrected chi connectivity index (χ3v) is 3.10. The molecule has 1 atom stereocenters. The summed E-state index contributed by atoms with van der Waals surface area (Å²) in [5, 5.41) is 12.4. The largest absolute Gasteiger partial charge is 0.396 e. The number of hydrogen-bond acceptors (Lipinski definition) is 3. The van der Waals surface area contributed by atoms with Gasteiger partial charge in [0.05, 0.1) is 0 Å². The van der Waals surface area contributed by atoms with Crippen molar-refractivity contribution in [1.29, 1.82) is 0 Å². The maximum Gasteiger partial charge on any atom is 0.0448 e. The van der Waals surface area contributed by atoms with Gasteiger partial charge in [0.2, 0.25) is 0 Å². The summed E-state index contributed by atoms with van der Waals surface area (Å²) < 4.78 is 0. The Labute approximate surface area is 87.5 Å². The van der Waals surface area contributed by atoms with Crippen molar-refractivity contribution >= 4 is 0 Å². The van der Waals surface area contributed by atoms with Crippen LogP contribution in [0.1, 0.15) is 26.7 Å². The van der Waals surface area contributed by atoms with Gasteiger partial charge < -0.3 is 15.3 Å². The lowest BCUT2D eigenvalue weighted by Gasteiger charge is -2.27. The summed E-state index contributed by atoms with van der Waals surface area (Å²) in [6.45, 7) is 8.10. The van der Waals surface area contributed by atoms with Crippen LogP contribution in [0.5, 0.6) is 0 Å². The second-order valence-corrected chi connectivity index (χ2v) is 5.16. The van der Waals surface area contributed by atoms with Crippen molar-refractivity contribution in [2.75, 3.05) is 33.3 Å². The molecule has 0 aromatic heterocycles. The first-order valence-electron chi connectivity index (χ1n) is 5.58. The van der Waals surface area contributed by atoms with Crippen LogP contribution in [0.2, 0.25) is 0 Å². The molecule has 1 fully saturated rings. The molecule has 0 aromatic rings. The molecular weight excluding hydrogens is 176 g/mol. The van der Waals surface area contributed by atoms with Crippen molar-refractivity contribution in [3.8, 4) is 0 Å². The van der Waals surface area contributed by atoms with Crippen LogP contribution in [-0.2, 0) is 0 Å². The van der Waals surface area contributed by atoms with Crippen molar-refractivity contribution in [1.82, 2.24) is 10.2 Å². The second-order valence-electron chi connectivity index (χ2n) is 5.16. The molecule has 0 bridgehead atoms. The number of likely N-dealkylation sites (tertiary alicyclic amines) is 1. The molecule has 1 rings (SSSR count). The predicted octanol–water partition coefficient (Wildman–Crippen LogP) is 0.689. The number of nitrogens with one attached hydrogen (secondary N) is 1. The van der Waals surface area contributed by atoms with E-state index in [-0.39, 0.29) is 12.1 Å². The van der Waals surface area contributed by atoms with Crippen LogP contribution in [0.25, 0.3) is 0 Å². The molecule has 3 nitrogen and oxygen atoms in total. The third kappa shape index (κ3) is 3.95. The summed E-state index contributed by atoms with van der Waals surface area (Å²) in [4.78, 5) is 2.38. The lowest BCUT2D eigenvalue weighted by Crippen LogP contribution is -2.43. The van der Waals surface area contributed by atoms with Crippen LogP contribution in [0.15, 0.2) is 0 Å². The molecule has 1 unspecified atom stereocenters. The van der Waals surface area contributed by atoms with Gasteiger partial charge in [-0.2, -0.15) is 0 Å². The summed E-state index contributed by atoms with van der Waals surface area (Å²) in [5.41, 5.74) is 0.0793. The van der Waals surface area contributed by atoms with E-state index in [0.29, 0.717) is 0 Å². The highest BCUT2D eigenvalue weighted by Crippen LogP contribution is 2.15. The fourth-order valence-electron chi connectivity index (χ4n) is 1.98. The molecular formula is C11H24N2O. The highest BCUT2D eigenvalue weighted by atomic mass is 16.3. The van der Waals surface area contributed by atoms with Crippen molar-refractivity contribution < 1.29 is 5.11 Å². The minimum absolute atomic E-state index is 0.0793. The maximum atomic E-state index is 8.89. The Bertz CT molecular complexity index is 171. The molecule has 2 N–H and O–H groups in total. The van der Waals surface area contributed by atoms with Crippen LogP contribution in [0, 0.1) is 5.92 Å². The van der Waals surface area contributed by atoms with E-state index in [0.717, 1.165) is 18.9 Å². The molecule has 0 saturated carbocycles. The number of hydrogen-bond donors (Lipinski definition) is 2. The van der Waals surface area contributed by atoms with Crippen molar-refractivity contribution in [2.45, 2.75) is 32.2 Å². The number of rotatable bonds is 5. The minimum Gasteiger partial charge on any atom is -0.396 e. The molecule has 1 aliphatic rings. The maximum absolute atomic E-state index is 8.89. The molecule has 84 valence electrons. The topological polar surface area (TPSA) is 35.5 Å². The average molecular weight is 200 g/mol. The Balaban J connectivity index is 2.19. The zero-order valence-electron chi connectivity index (χ0n) is 9.71. The molecule has 14 heavy (non-hydrogen) atoms. The Kier molecular flexibility index (Phi) is 4.35. The highest BCUT2D eigenvalue weighted by Gasteiger charge is 2.22. The number of nitrogens with zero attached hydrogens (tertiary/aromatic N) is 1. The molecule has 1 saturated heterocycles. The standard InChI is InChI=1S/C11H24N2O/c1-11(2,5-7-14)12-8-10-4-6-13(3)9-10/h10,12,14H,4-9H2,1-3H3. The molecule has 0 spiro atoms. The number of aliphatic hydroxyl groups excluding tert-OH is 1. The van der Waals surface area contributed by atoms with Gasteiger partial charge in [0.15, 0.2) is 0 Å². The van der Waals surface area contributed by atoms with Gasteiger partial charge in [0.1, 0.15) is 0 Å². The first-order valence-corrected chi connectivity index (χ1v) is 5.58. The van der Waals surface area contributed by atoms with E-state index in [1.807, 2.05) is 0 Å². The van der Waals surface area contributed by atoms with E-state index in [4.69, 9.17) is 5.11 Å². The summed E-state index contributed by atoms with van der Waals surface area (Å²) in [5.74, 6) is 0.790. The smallest absolute Gasteiger partial charge is 0.0448 e. The van der Waals surface area contributed by atoms with Crippen LogP contribution >= 0.6 is 0 Å². The Morgan fingerprint density at radius 1 is 1.50 bits per heavy atom. The Morgan fingerprint density at radius 3 is 2.71 bits per heavy atom. The van der Waals surface area contributed by atoms with E-state index in [2.05, 4.69) is 31.1 Å². The van der Waals surface area contributed by atoms with Crippen molar-refractivity contribution in [3.63, 3.8) is 0 Å². The Morgan fingerprint density at radius 2 is 2.21 bits per heavy atom. The van der Waals surface area contributed by atoms with Gasteiger partial charge in [0, 0.05) is 18.7 Å². The fourth-order valence-corrected chi connectivity index (χ4v) is 1.98. The zero-order chi connectivity index (χ0) is 10.6. The van der Waals surface area contributed by atoms with E-state index in [1.165, 1.54) is 19.5 Å². The van der Waals surface area contributed by atoms with Gasteiger partial charge in [-0.25, -0.2) is 0 Å². The Hall–Kier alpha value is -0.120. The third-order valence-electron chi connectivity index (χ3n) is 3.10. The molecule has 0 amide bonds. The molecule has 0 aromatic carbocycles. The lowest BCUT2D eigenvalue weighted by molar-refractivity contribution is 0.225. The average Bonchev–Trinajstić information content (AvgIpc) is 2.48. The summed E-state index contributed by atoms with van der Waals surface area (Å²) in [7, 11) is 2.18. The van der Waals surface area contributed by atoms with E-state index in [1.54, 1.807) is 0 Å². The summed E-state index contributed by atoms with van der Waals surface area (Å²) >= 11 is 0. The van der Waals surface area contributed by atoms with E-state index >= 15 is 0 Å². The minimum atomic E-state index is 0.0793. The zero-order valence-corrected chi connectivity index (χ0v) is 9.71. The lowest BCUT2D eigenvalue weighted by atomic mass is 9.99. The monoisotopic (exact) mass is 200 g/mol. The first kappa shape index (κ1) is 12.0. The molecule has 0 aliphatic carbocycles. The highest BCUT2D eigenvalue weighted by molar-refractivity contribution is 4.81. The number of aliphatic hydroxyl groups is 1. The summed E-state index contributed by atoms with van der Waals surface area (Å²) in [6.07, 6.45) is 2.13. The normalized spacial score (nSPS) is 24.4. The van der Waals surface area contributed by atoms with Gasteiger partial charge in [0.25, 0.3) is 0 Å². The molecule has 0 radical (unpaired) electrons. The van der Waals surface area contributed by atoms with Gasteiger partial charge in [-0.1, -0.05) is 0 Å². The quantitative estimate of drug-likeness (QED) is 0.685. The molecule has 3 heteroatoms. The van der Waals surface area contributed by atoms with Crippen LogP contribution in [0.3, 0.4) is 0 Å². The second kappa shape index (κ2) is 5.10. The van der Waals surface area contributed by atoms with Gasteiger partial charge in [-0.3, -0.25) is 0 Å². The van der Waals surface area contributed by atoms with E-state index < -0.39 is 0 Å². The summed E-state index contributed by atoms with van der Waals surface area (Å²) in [6, 6.07) is 0. The van der Waals surface area contributed by atoms with Crippen molar-refractivity contribution in [2.24, 2.45) is 5.92 Å². The first-order chi connectivity index (χ1) is 6.53. The van der Waals surface area contributed by atoms with Crippen LogP contribution in [-0.4, -0.2) is 48.8 Å². The SMILES string of the molecule is CN1CCC(CNC(C)(C)CCO)C1. The van der Waals surface area contributed by atoms with Gasteiger partial charge >= 0.3 is 0 Å². The van der Waals surface area contributed by atoms with Crippen LogP contribution < -0.4 is 5.32 Å². The predicted molar refractivity (Wildman–Crippen MR) is 59.4 cm³/mol. The van der Waals surface area contributed by atoms with Crippen molar-refractivity contribution in [3.05, 3.63) is 0 Å². The van der Waals surface area contributed by atoms with Gasteiger partial charge in [-0.15, -0.1) is 0 Å². The van der Waals surface area contributed by atoms with Crippen LogP contribution in [0.4, 0.5) is 0 Å². The molecule has 1 aliphatic heterocycles.